The number of nitrogens with one attached hydrogen (secondary N) is 1. The van der Waals surface area contributed by atoms with Crippen LogP contribution in [0.3, 0.4) is 0 Å². The molecule has 1 aliphatic heterocycles. The lowest BCUT2D eigenvalue weighted by Gasteiger charge is -2.13. The Labute approximate surface area is 108 Å². The molecule has 0 radical (unpaired) electrons. The van der Waals surface area contributed by atoms with Crippen LogP contribution in [0.5, 0.6) is 0 Å². The summed E-state index contributed by atoms with van der Waals surface area (Å²) in [5, 5.41) is 3.00. The van der Waals surface area contributed by atoms with Gasteiger partial charge in [-0.1, -0.05) is 6.92 Å². The molecule has 1 heterocycles. The number of rotatable bonds is 4. The Kier molecular flexibility index (Phi) is 4.20. The molecule has 0 bridgehead atoms. The van der Waals surface area contributed by atoms with Crippen LogP contribution < -0.4 is 11.1 Å². The summed E-state index contributed by atoms with van der Waals surface area (Å²) in [7, 11) is 0. The van der Waals surface area contributed by atoms with Crippen LogP contribution in [0.25, 0.3) is 0 Å². The molecule has 18 heavy (non-hydrogen) atoms. The highest BCUT2D eigenvalue weighted by Gasteiger charge is 2.21. The normalized spacial score (nSPS) is 19.9. The van der Waals surface area contributed by atoms with Gasteiger partial charge in [0, 0.05) is 24.3 Å². The fourth-order valence-corrected chi connectivity index (χ4v) is 2.34. The minimum absolute atomic E-state index is 0.00931. The Balaban J connectivity index is 1.80. The Morgan fingerprint density at radius 2 is 2.17 bits per heavy atom. The van der Waals surface area contributed by atoms with Crippen molar-refractivity contribution in [2.24, 2.45) is 5.92 Å². The molecule has 0 spiro atoms. The minimum Gasteiger partial charge on any atom is -0.399 e. The lowest BCUT2D eigenvalue weighted by atomic mass is 10.1. The predicted octanol–water partition coefficient (Wildman–Crippen LogP) is 1.34. The van der Waals surface area contributed by atoms with Gasteiger partial charge in [0.2, 0.25) is 0 Å². The molecule has 1 amide bonds. The second-order valence-electron chi connectivity index (χ2n) is 4.88. The van der Waals surface area contributed by atoms with E-state index < -0.39 is 0 Å². The largest absolute Gasteiger partial charge is 0.399 e. The van der Waals surface area contributed by atoms with E-state index in [9.17, 15) is 4.79 Å². The number of nitrogens with two attached hydrogens (primary N) is 1. The number of hydrogen-bond donors (Lipinski definition) is 2. The van der Waals surface area contributed by atoms with Gasteiger partial charge < -0.3 is 16.0 Å². The molecule has 0 aromatic heterocycles. The molecule has 3 N–H and O–H groups in total. The Bertz CT molecular complexity index is 402. The zero-order valence-electron chi connectivity index (χ0n) is 10.9. The van der Waals surface area contributed by atoms with Crippen LogP contribution in [0.4, 0.5) is 5.69 Å². The molecule has 1 unspecified atom stereocenters. The third kappa shape index (κ3) is 3.23. The van der Waals surface area contributed by atoms with Gasteiger partial charge in [-0.25, -0.2) is 0 Å². The Morgan fingerprint density at radius 1 is 1.44 bits per heavy atom. The van der Waals surface area contributed by atoms with Crippen molar-refractivity contribution in [2.75, 3.05) is 31.9 Å². The van der Waals surface area contributed by atoms with Crippen LogP contribution in [0.15, 0.2) is 24.3 Å². The summed E-state index contributed by atoms with van der Waals surface area (Å²) < 4.78 is 0. The van der Waals surface area contributed by atoms with Crippen molar-refractivity contribution in [3.8, 4) is 0 Å². The first kappa shape index (κ1) is 12.9. The average Bonchev–Trinajstić information content (AvgIpc) is 2.85. The fourth-order valence-electron chi connectivity index (χ4n) is 2.34. The minimum atomic E-state index is -0.00931. The number of carbonyl (C=O) groups excluding carboxylic acids is 1. The van der Waals surface area contributed by atoms with Gasteiger partial charge in [-0.3, -0.25) is 4.79 Å². The molecule has 2 rings (SSSR count). The number of amides is 1. The first-order chi connectivity index (χ1) is 8.69. The zero-order chi connectivity index (χ0) is 13.0. The molecular formula is C14H21N3O. The predicted molar refractivity (Wildman–Crippen MR) is 73.4 cm³/mol. The SMILES string of the molecule is CCN1CCC(CNC(=O)c2ccc(N)cc2)C1. The van der Waals surface area contributed by atoms with Crippen LogP contribution in [-0.2, 0) is 0 Å². The van der Waals surface area contributed by atoms with E-state index in [1.54, 1.807) is 24.3 Å². The standard InChI is InChI=1S/C14H21N3O/c1-2-17-8-7-11(10-17)9-16-14(18)12-3-5-13(15)6-4-12/h3-6,11H,2,7-10,15H2,1H3,(H,16,18). The van der Waals surface area contributed by atoms with E-state index >= 15 is 0 Å². The second-order valence-corrected chi connectivity index (χ2v) is 4.88. The van der Waals surface area contributed by atoms with E-state index in [0.29, 0.717) is 17.2 Å². The first-order valence-electron chi connectivity index (χ1n) is 6.55. The molecule has 1 saturated heterocycles. The van der Waals surface area contributed by atoms with Crippen molar-refractivity contribution in [3.63, 3.8) is 0 Å². The van der Waals surface area contributed by atoms with Gasteiger partial charge >= 0.3 is 0 Å². The van der Waals surface area contributed by atoms with Crippen LogP contribution in [0, 0.1) is 5.92 Å². The topological polar surface area (TPSA) is 58.4 Å². The van der Waals surface area contributed by atoms with E-state index in [-0.39, 0.29) is 5.91 Å². The Hall–Kier alpha value is -1.55. The number of anilines is 1. The van der Waals surface area contributed by atoms with E-state index in [4.69, 9.17) is 5.73 Å². The molecule has 0 aliphatic carbocycles. The average molecular weight is 247 g/mol. The van der Waals surface area contributed by atoms with Crippen LogP contribution >= 0.6 is 0 Å². The molecule has 1 aliphatic rings. The van der Waals surface area contributed by atoms with Gasteiger partial charge in [-0.2, -0.15) is 0 Å². The van der Waals surface area contributed by atoms with E-state index in [2.05, 4.69) is 17.1 Å². The first-order valence-corrected chi connectivity index (χ1v) is 6.55. The van der Waals surface area contributed by atoms with Crippen LogP contribution in [-0.4, -0.2) is 37.0 Å². The molecule has 4 heteroatoms. The van der Waals surface area contributed by atoms with Crippen LogP contribution in [0.2, 0.25) is 0 Å². The zero-order valence-corrected chi connectivity index (χ0v) is 10.9. The van der Waals surface area contributed by atoms with Gasteiger partial charge in [0.15, 0.2) is 0 Å². The highest BCUT2D eigenvalue weighted by molar-refractivity contribution is 5.94. The molecule has 98 valence electrons. The summed E-state index contributed by atoms with van der Waals surface area (Å²) in [6, 6.07) is 7.03. The number of nitrogen functional groups attached to an aromatic ring is 1. The molecule has 1 atom stereocenters. The third-order valence-corrected chi connectivity index (χ3v) is 3.54. The van der Waals surface area contributed by atoms with Crippen molar-refractivity contribution in [1.29, 1.82) is 0 Å². The van der Waals surface area contributed by atoms with E-state index in [1.165, 1.54) is 6.42 Å². The number of benzene rings is 1. The van der Waals surface area contributed by atoms with Crippen molar-refractivity contribution in [3.05, 3.63) is 29.8 Å². The van der Waals surface area contributed by atoms with Crippen molar-refractivity contribution in [2.45, 2.75) is 13.3 Å². The Morgan fingerprint density at radius 3 is 2.78 bits per heavy atom. The molecule has 1 fully saturated rings. The molecule has 4 nitrogen and oxygen atoms in total. The summed E-state index contributed by atoms with van der Waals surface area (Å²) >= 11 is 0. The smallest absolute Gasteiger partial charge is 0.251 e. The maximum Gasteiger partial charge on any atom is 0.251 e. The molecular weight excluding hydrogens is 226 g/mol. The maximum atomic E-state index is 11.9. The summed E-state index contributed by atoms with van der Waals surface area (Å²) in [6.45, 7) is 6.29. The third-order valence-electron chi connectivity index (χ3n) is 3.54. The maximum absolute atomic E-state index is 11.9. The summed E-state index contributed by atoms with van der Waals surface area (Å²) in [4.78, 5) is 14.3. The van der Waals surface area contributed by atoms with Gasteiger partial charge in [0.1, 0.15) is 0 Å². The van der Waals surface area contributed by atoms with Gasteiger partial charge in [0.25, 0.3) is 5.91 Å². The van der Waals surface area contributed by atoms with Crippen LogP contribution in [0.1, 0.15) is 23.7 Å². The fraction of sp³-hybridized carbons (Fsp3) is 0.500. The number of nitrogens with zero attached hydrogens (tertiary/aromatic N) is 1. The van der Waals surface area contributed by atoms with Gasteiger partial charge in [-0.15, -0.1) is 0 Å². The molecule has 0 saturated carbocycles. The summed E-state index contributed by atoms with van der Waals surface area (Å²) in [5.74, 6) is 0.577. The number of carbonyl (C=O) groups is 1. The highest BCUT2D eigenvalue weighted by atomic mass is 16.1. The monoisotopic (exact) mass is 247 g/mol. The van der Waals surface area contributed by atoms with E-state index in [1.807, 2.05) is 0 Å². The lowest BCUT2D eigenvalue weighted by Crippen LogP contribution is -2.31. The van der Waals surface area contributed by atoms with E-state index in [0.717, 1.165) is 26.2 Å². The lowest BCUT2D eigenvalue weighted by molar-refractivity contribution is 0.0947. The molecule has 1 aromatic rings. The number of hydrogen-bond acceptors (Lipinski definition) is 3. The summed E-state index contributed by atoms with van der Waals surface area (Å²) in [6.07, 6.45) is 1.18. The van der Waals surface area contributed by atoms with Gasteiger partial charge in [-0.05, 0) is 49.7 Å². The van der Waals surface area contributed by atoms with Crippen molar-refractivity contribution < 1.29 is 4.79 Å². The number of likely N-dealkylation sites (tertiary alicyclic amines) is 1. The quantitative estimate of drug-likeness (QED) is 0.789. The van der Waals surface area contributed by atoms with Gasteiger partial charge in [0.05, 0.1) is 0 Å². The summed E-state index contributed by atoms with van der Waals surface area (Å²) in [5.41, 5.74) is 6.95. The highest BCUT2D eigenvalue weighted by Crippen LogP contribution is 2.14. The van der Waals surface area contributed by atoms with Crippen molar-refractivity contribution in [1.82, 2.24) is 10.2 Å². The molecule has 1 aromatic carbocycles. The second kappa shape index (κ2) is 5.87. The van der Waals surface area contributed by atoms with Crippen molar-refractivity contribution >= 4 is 11.6 Å².